The zero-order chi connectivity index (χ0) is 15.9. The Morgan fingerprint density at radius 3 is 2.39 bits per heavy atom. The molecular weight excluding hydrogens is 288 g/mol. The molecular formula is C19H20N2O2. The summed E-state index contributed by atoms with van der Waals surface area (Å²) >= 11 is 0. The lowest BCUT2D eigenvalue weighted by atomic mass is 10.1. The Kier molecular flexibility index (Phi) is 5.19. The first-order chi connectivity index (χ1) is 11.3. The van der Waals surface area contributed by atoms with E-state index in [1.807, 2.05) is 54.6 Å². The Labute approximate surface area is 136 Å². The van der Waals surface area contributed by atoms with Crippen LogP contribution < -0.4 is 15.4 Å². The molecule has 0 aliphatic carbocycles. The van der Waals surface area contributed by atoms with Crippen molar-refractivity contribution in [3.8, 4) is 5.75 Å². The summed E-state index contributed by atoms with van der Waals surface area (Å²) < 4.78 is 5.31. The number of esters is 1. The second kappa shape index (κ2) is 7.72. The van der Waals surface area contributed by atoms with Crippen LogP contribution in [0.15, 0.2) is 60.7 Å². The molecule has 2 aromatic rings. The van der Waals surface area contributed by atoms with Crippen molar-refractivity contribution >= 4 is 12.0 Å². The minimum Gasteiger partial charge on any atom is -0.423 e. The van der Waals surface area contributed by atoms with E-state index in [-0.39, 0.29) is 12.1 Å². The number of carbonyl (C=O) groups is 1. The molecule has 0 spiro atoms. The SMILES string of the molecule is O=C(/C=C/c1ccccc1)Oc1ccc(C2NCCCN2)cc1. The second-order valence-electron chi connectivity index (χ2n) is 5.43. The van der Waals surface area contributed by atoms with Crippen LogP contribution >= 0.6 is 0 Å². The maximum Gasteiger partial charge on any atom is 0.336 e. The molecule has 0 amide bonds. The number of hydrogen-bond donors (Lipinski definition) is 2. The molecule has 0 radical (unpaired) electrons. The number of ether oxygens (including phenoxy) is 1. The van der Waals surface area contributed by atoms with E-state index in [2.05, 4.69) is 10.6 Å². The summed E-state index contributed by atoms with van der Waals surface area (Å²) in [5, 5.41) is 6.81. The highest BCUT2D eigenvalue weighted by molar-refractivity contribution is 5.88. The van der Waals surface area contributed by atoms with Gasteiger partial charge in [0.1, 0.15) is 5.75 Å². The Bertz CT molecular complexity index is 660. The van der Waals surface area contributed by atoms with Crippen LogP contribution in [0.2, 0.25) is 0 Å². The van der Waals surface area contributed by atoms with Gasteiger partial charge in [0, 0.05) is 6.08 Å². The van der Waals surface area contributed by atoms with Crippen LogP contribution in [0.4, 0.5) is 0 Å². The lowest BCUT2D eigenvalue weighted by Crippen LogP contribution is -2.41. The average molecular weight is 308 g/mol. The van der Waals surface area contributed by atoms with E-state index in [4.69, 9.17) is 4.74 Å². The van der Waals surface area contributed by atoms with E-state index in [1.54, 1.807) is 6.08 Å². The smallest absolute Gasteiger partial charge is 0.336 e. The molecule has 0 unspecified atom stereocenters. The first kappa shape index (κ1) is 15.5. The molecule has 4 heteroatoms. The molecule has 0 bridgehead atoms. The Balaban J connectivity index is 1.57. The van der Waals surface area contributed by atoms with Crippen LogP contribution in [0.3, 0.4) is 0 Å². The predicted molar refractivity (Wildman–Crippen MR) is 90.9 cm³/mol. The summed E-state index contributed by atoms with van der Waals surface area (Å²) in [5.74, 6) is 0.169. The molecule has 0 saturated carbocycles. The van der Waals surface area contributed by atoms with E-state index in [0.29, 0.717) is 5.75 Å². The van der Waals surface area contributed by atoms with E-state index < -0.39 is 0 Å². The van der Waals surface area contributed by atoms with Gasteiger partial charge in [-0.1, -0.05) is 42.5 Å². The first-order valence-electron chi connectivity index (χ1n) is 7.83. The average Bonchev–Trinajstić information content (AvgIpc) is 2.62. The quantitative estimate of drug-likeness (QED) is 0.518. The molecule has 1 saturated heterocycles. The lowest BCUT2D eigenvalue weighted by Gasteiger charge is -2.25. The van der Waals surface area contributed by atoms with Crippen LogP contribution in [-0.2, 0) is 4.79 Å². The Hall–Kier alpha value is -2.43. The van der Waals surface area contributed by atoms with Gasteiger partial charge in [0.15, 0.2) is 0 Å². The first-order valence-corrected chi connectivity index (χ1v) is 7.83. The van der Waals surface area contributed by atoms with Crippen molar-refractivity contribution in [2.45, 2.75) is 12.6 Å². The van der Waals surface area contributed by atoms with Crippen LogP contribution in [0.25, 0.3) is 6.08 Å². The van der Waals surface area contributed by atoms with Crippen molar-refractivity contribution in [3.05, 3.63) is 71.8 Å². The number of benzene rings is 2. The van der Waals surface area contributed by atoms with Crippen LogP contribution in [-0.4, -0.2) is 19.1 Å². The van der Waals surface area contributed by atoms with Gasteiger partial charge < -0.3 is 4.74 Å². The largest absolute Gasteiger partial charge is 0.423 e. The molecule has 0 aromatic heterocycles. The molecule has 1 aliphatic rings. The fraction of sp³-hybridized carbons (Fsp3) is 0.211. The lowest BCUT2D eigenvalue weighted by molar-refractivity contribution is -0.128. The summed E-state index contributed by atoms with van der Waals surface area (Å²) in [5.41, 5.74) is 2.11. The second-order valence-corrected chi connectivity index (χ2v) is 5.43. The molecule has 2 N–H and O–H groups in total. The fourth-order valence-corrected chi connectivity index (χ4v) is 2.50. The van der Waals surface area contributed by atoms with Crippen molar-refractivity contribution in [2.24, 2.45) is 0 Å². The van der Waals surface area contributed by atoms with Crippen LogP contribution in [0.5, 0.6) is 5.75 Å². The van der Waals surface area contributed by atoms with Gasteiger partial charge in [0.05, 0.1) is 6.17 Å². The maximum atomic E-state index is 11.8. The van der Waals surface area contributed by atoms with E-state index in [1.165, 1.54) is 6.08 Å². The minimum atomic E-state index is -0.379. The molecule has 1 aliphatic heterocycles. The molecule has 2 aromatic carbocycles. The maximum absolute atomic E-state index is 11.8. The highest BCUT2D eigenvalue weighted by atomic mass is 16.5. The van der Waals surface area contributed by atoms with Gasteiger partial charge >= 0.3 is 5.97 Å². The standard InChI is InChI=1S/C19H20N2O2/c22-18(12-7-15-5-2-1-3-6-15)23-17-10-8-16(9-11-17)19-20-13-4-14-21-19/h1-3,5-12,19-21H,4,13-14H2/b12-7+. The van der Waals surface area contributed by atoms with Crippen LogP contribution in [0, 0.1) is 0 Å². The van der Waals surface area contributed by atoms with Gasteiger partial charge in [0.2, 0.25) is 0 Å². The molecule has 1 fully saturated rings. The Morgan fingerprint density at radius 2 is 1.70 bits per heavy atom. The summed E-state index contributed by atoms with van der Waals surface area (Å²) in [6.45, 7) is 2.03. The molecule has 1 heterocycles. The number of rotatable bonds is 4. The molecule has 118 valence electrons. The van der Waals surface area contributed by atoms with Crippen molar-refractivity contribution < 1.29 is 9.53 Å². The Morgan fingerprint density at radius 1 is 1.00 bits per heavy atom. The highest BCUT2D eigenvalue weighted by Gasteiger charge is 2.13. The van der Waals surface area contributed by atoms with E-state index in [9.17, 15) is 4.79 Å². The summed E-state index contributed by atoms with van der Waals surface area (Å²) in [4.78, 5) is 11.8. The van der Waals surface area contributed by atoms with E-state index >= 15 is 0 Å². The number of nitrogens with one attached hydrogen (secondary N) is 2. The normalized spacial score (nSPS) is 15.7. The number of hydrogen-bond acceptors (Lipinski definition) is 4. The topological polar surface area (TPSA) is 50.4 Å². The third-order valence-corrected chi connectivity index (χ3v) is 3.69. The van der Waals surface area contributed by atoms with Gasteiger partial charge in [-0.2, -0.15) is 0 Å². The minimum absolute atomic E-state index is 0.173. The third-order valence-electron chi connectivity index (χ3n) is 3.69. The van der Waals surface area contributed by atoms with Gasteiger partial charge in [-0.05, 0) is 48.8 Å². The van der Waals surface area contributed by atoms with Crippen molar-refractivity contribution in [2.75, 3.05) is 13.1 Å². The fourth-order valence-electron chi connectivity index (χ4n) is 2.50. The zero-order valence-electron chi connectivity index (χ0n) is 12.9. The summed E-state index contributed by atoms with van der Waals surface area (Å²) in [7, 11) is 0. The van der Waals surface area contributed by atoms with Crippen LogP contribution in [0.1, 0.15) is 23.7 Å². The number of carbonyl (C=O) groups excluding carboxylic acids is 1. The predicted octanol–water partition coefficient (Wildman–Crippen LogP) is 2.89. The van der Waals surface area contributed by atoms with Gasteiger partial charge in [-0.15, -0.1) is 0 Å². The van der Waals surface area contributed by atoms with Gasteiger partial charge in [-0.3, -0.25) is 10.6 Å². The summed E-state index contributed by atoms with van der Waals surface area (Å²) in [6.07, 6.45) is 4.49. The van der Waals surface area contributed by atoms with Crippen molar-refractivity contribution in [3.63, 3.8) is 0 Å². The van der Waals surface area contributed by atoms with Crippen molar-refractivity contribution in [1.29, 1.82) is 0 Å². The summed E-state index contributed by atoms with van der Waals surface area (Å²) in [6, 6.07) is 17.2. The van der Waals surface area contributed by atoms with Gasteiger partial charge in [0.25, 0.3) is 0 Å². The molecule has 4 nitrogen and oxygen atoms in total. The monoisotopic (exact) mass is 308 g/mol. The highest BCUT2D eigenvalue weighted by Crippen LogP contribution is 2.18. The van der Waals surface area contributed by atoms with Gasteiger partial charge in [-0.25, -0.2) is 4.79 Å². The van der Waals surface area contributed by atoms with Crippen molar-refractivity contribution in [1.82, 2.24) is 10.6 Å². The van der Waals surface area contributed by atoms with E-state index in [0.717, 1.165) is 30.6 Å². The molecule has 23 heavy (non-hydrogen) atoms. The third kappa shape index (κ3) is 4.52. The zero-order valence-corrected chi connectivity index (χ0v) is 12.9. The molecule has 0 atom stereocenters. The molecule has 3 rings (SSSR count).